The van der Waals surface area contributed by atoms with Gasteiger partial charge < -0.3 is 4.74 Å². The molecule has 5 nitrogen and oxygen atoms in total. The van der Waals surface area contributed by atoms with Crippen molar-refractivity contribution >= 4 is 17.5 Å². The van der Waals surface area contributed by atoms with Crippen LogP contribution in [0.15, 0.2) is 24.3 Å². The molecule has 0 aliphatic carbocycles. The van der Waals surface area contributed by atoms with Crippen LogP contribution >= 0.6 is 11.6 Å². The number of carbonyl (C=O) groups excluding carboxylic acids is 1. The van der Waals surface area contributed by atoms with Gasteiger partial charge in [0.05, 0.1) is 19.8 Å². The molecule has 0 unspecified atom stereocenters. The molecule has 1 aromatic rings. The predicted molar refractivity (Wildman–Crippen MR) is 72.1 cm³/mol. The Morgan fingerprint density at radius 3 is 2.95 bits per heavy atom. The molecule has 2 rings (SSSR count). The highest BCUT2D eigenvalue weighted by molar-refractivity contribution is 6.30. The predicted octanol–water partition coefficient (Wildman–Crippen LogP) is 1.33. The van der Waals surface area contributed by atoms with Crippen LogP contribution in [0.4, 0.5) is 0 Å². The summed E-state index contributed by atoms with van der Waals surface area (Å²) in [4.78, 5) is 19.1. The van der Waals surface area contributed by atoms with Crippen LogP contribution in [0.3, 0.4) is 0 Å². The second-order valence-electron chi connectivity index (χ2n) is 4.24. The van der Waals surface area contributed by atoms with E-state index in [1.165, 1.54) is 0 Å². The first kappa shape index (κ1) is 14.3. The maximum Gasteiger partial charge on any atom is 0.274 e. The Balaban J connectivity index is 1.66. The van der Waals surface area contributed by atoms with Crippen molar-refractivity contribution in [2.75, 3.05) is 39.5 Å². The molecule has 1 N–H and O–H groups in total. The van der Waals surface area contributed by atoms with Gasteiger partial charge in [-0.05, 0) is 18.2 Å². The molecule has 1 saturated heterocycles. The van der Waals surface area contributed by atoms with E-state index >= 15 is 0 Å². The minimum absolute atomic E-state index is 0.288. The fourth-order valence-electron chi connectivity index (χ4n) is 1.80. The standard InChI is InChI=1S/C13H17ClN2O3/c14-12-3-1-2-11(10-12)13(17)15-19-9-6-16-4-7-18-8-5-16/h1-3,10H,4-9H2,(H,15,17). The minimum atomic E-state index is -0.288. The number of morpholine rings is 1. The molecular weight excluding hydrogens is 268 g/mol. The van der Waals surface area contributed by atoms with Crippen LogP contribution in [-0.2, 0) is 9.57 Å². The topological polar surface area (TPSA) is 50.8 Å². The number of carbonyl (C=O) groups is 1. The molecule has 1 heterocycles. The van der Waals surface area contributed by atoms with Gasteiger partial charge in [0, 0.05) is 30.2 Å². The van der Waals surface area contributed by atoms with Crippen molar-refractivity contribution in [3.63, 3.8) is 0 Å². The zero-order chi connectivity index (χ0) is 13.5. The van der Waals surface area contributed by atoms with Crippen molar-refractivity contribution in [2.45, 2.75) is 0 Å². The molecule has 1 fully saturated rings. The number of nitrogens with zero attached hydrogens (tertiary/aromatic N) is 1. The number of hydrogen-bond donors (Lipinski definition) is 1. The minimum Gasteiger partial charge on any atom is -0.379 e. The number of hydroxylamine groups is 1. The normalized spacial score (nSPS) is 16.3. The van der Waals surface area contributed by atoms with E-state index in [1.54, 1.807) is 24.3 Å². The lowest BCUT2D eigenvalue weighted by Gasteiger charge is -2.26. The molecule has 1 aromatic carbocycles. The summed E-state index contributed by atoms with van der Waals surface area (Å²) in [5.74, 6) is -0.288. The highest BCUT2D eigenvalue weighted by atomic mass is 35.5. The number of benzene rings is 1. The summed E-state index contributed by atoms with van der Waals surface area (Å²) in [7, 11) is 0. The highest BCUT2D eigenvalue weighted by Crippen LogP contribution is 2.10. The summed E-state index contributed by atoms with van der Waals surface area (Å²) >= 11 is 5.81. The molecule has 0 aromatic heterocycles. The van der Waals surface area contributed by atoms with Crippen LogP contribution in [-0.4, -0.2) is 50.3 Å². The molecule has 0 bridgehead atoms. The average molecular weight is 285 g/mol. The lowest BCUT2D eigenvalue weighted by molar-refractivity contribution is -0.00176. The monoisotopic (exact) mass is 284 g/mol. The van der Waals surface area contributed by atoms with Crippen LogP contribution in [0, 0.1) is 0 Å². The van der Waals surface area contributed by atoms with Gasteiger partial charge in [-0.1, -0.05) is 17.7 Å². The van der Waals surface area contributed by atoms with Gasteiger partial charge in [-0.3, -0.25) is 14.5 Å². The number of nitrogens with one attached hydrogen (secondary N) is 1. The summed E-state index contributed by atoms with van der Waals surface area (Å²) in [6, 6.07) is 6.73. The van der Waals surface area contributed by atoms with Crippen LogP contribution in [0.2, 0.25) is 5.02 Å². The second-order valence-corrected chi connectivity index (χ2v) is 4.68. The lowest BCUT2D eigenvalue weighted by atomic mass is 10.2. The van der Waals surface area contributed by atoms with E-state index in [0.29, 0.717) is 17.2 Å². The summed E-state index contributed by atoms with van der Waals surface area (Å²) in [5.41, 5.74) is 2.90. The third-order valence-electron chi connectivity index (χ3n) is 2.86. The first-order valence-electron chi connectivity index (χ1n) is 6.23. The fourth-order valence-corrected chi connectivity index (χ4v) is 2.00. The van der Waals surface area contributed by atoms with Crippen molar-refractivity contribution in [3.05, 3.63) is 34.9 Å². The van der Waals surface area contributed by atoms with E-state index in [2.05, 4.69) is 10.4 Å². The number of amides is 1. The molecule has 0 saturated carbocycles. The average Bonchev–Trinajstić information content (AvgIpc) is 2.44. The lowest BCUT2D eigenvalue weighted by Crippen LogP contribution is -2.39. The van der Waals surface area contributed by atoms with Crippen molar-refractivity contribution in [3.8, 4) is 0 Å². The molecule has 19 heavy (non-hydrogen) atoms. The number of halogens is 1. The molecule has 0 atom stereocenters. The van der Waals surface area contributed by atoms with Crippen LogP contribution in [0.5, 0.6) is 0 Å². The molecule has 104 valence electrons. The molecule has 0 radical (unpaired) electrons. The van der Waals surface area contributed by atoms with Gasteiger partial charge in [-0.2, -0.15) is 0 Å². The first-order valence-corrected chi connectivity index (χ1v) is 6.61. The quantitative estimate of drug-likeness (QED) is 0.655. The zero-order valence-corrected chi connectivity index (χ0v) is 11.4. The summed E-state index contributed by atoms with van der Waals surface area (Å²) < 4.78 is 5.25. The van der Waals surface area contributed by atoms with Gasteiger partial charge in [-0.25, -0.2) is 5.48 Å². The van der Waals surface area contributed by atoms with Crippen molar-refractivity contribution in [1.29, 1.82) is 0 Å². The Bertz CT molecular complexity index is 422. The SMILES string of the molecule is O=C(NOCCN1CCOCC1)c1cccc(Cl)c1. The largest absolute Gasteiger partial charge is 0.379 e. The summed E-state index contributed by atoms with van der Waals surface area (Å²) in [6.07, 6.45) is 0. The second kappa shape index (κ2) is 7.45. The Hall–Kier alpha value is -1.14. The molecule has 1 aliphatic heterocycles. The fraction of sp³-hybridized carbons (Fsp3) is 0.462. The van der Waals surface area contributed by atoms with Crippen LogP contribution in [0.25, 0.3) is 0 Å². The van der Waals surface area contributed by atoms with Crippen molar-refractivity contribution in [2.24, 2.45) is 0 Å². The first-order chi connectivity index (χ1) is 9.25. The van der Waals surface area contributed by atoms with E-state index < -0.39 is 0 Å². The molecule has 6 heteroatoms. The maximum absolute atomic E-state index is 11.7. The van der Waals surface area contributed by atoms with Crippen LogP contribution in [0.1, 0.15) is 10.4 Å². The Kier molecular flexibility index (Phi) is 5.60. The number of rotatable bonds is 5. The van der Waals surface area contributed by atoms with E-state index in [9.17, 15) is 4.79 Å². The van der Waals surface area contributed by atoms with Crippen LogP contribution < -0.4 is 5.48 Å². The van der Waals surface area contributed by atoms with Gasteiger partial charge in [0.15, 0.2) is 0 Å². The van der Waals surface area contributed by atoms with E-state index in [1.807, 2.05) is 0 Å². The molecule has 1 aliphatic rings. The number of hydrogen-bond acceptors (Lipinski definition) is 4. The van der Waals surface area contributed by atoms with Gasteiger partial charge in [-0.15, -0.1) is 0 Å². The maximum atomic E-state index is 11.7. The summed E-state index contributed by atoms with van der Waals surface area (Å²) in [5, 5.41) is 0.529. The molecular formula is C13H17ClN2O3. The smallest absolute Gasteiger partial charge is 0.274 e. The van der Waals surface area contributed by atoms with E-state index in [4.69, 9.17) is 21.2 Å². The van der Waals surface area contributed by atoms with Crippen molar-refractivity contribution in [1.82, 2.24) is 10.4 Å². The Morgan fingerprint density at radius 2 is 2.21 bits per heavy atom. The van der Waals surface area contributed by atoms with Gasteiger partial charge in [0.1, 0.15) is 0 Å². The van der Waals surface area contributed by atoms with Gasteiger partial charge >= 0.3 is 0 Å². The third-order valence-corrected chi connectivity index (χ3v) is 3.10. The molecule has 1 amide bonds. The highest BCUT2D eigenvalue weighted by Gasteiger charge is 2.10. The Labute approximate surface area is 117 Å². The Morgan fingerprint density at radius 1 is 1.42 bits per heavy atom. The van der Waals surface area contributed by atoms with E-state index in [-0.39, 0.29) is 5.91 Å². The third kappa shape index (κ3) is 4.80. The number of ether oxygens (including phenoxy) is 1. The van der Waals surface area contributed by atoms with Crippen molar-refractivity contribution < 1.29 is 14.4 Å². The molecule has 0 spiro atoms. The summed E-state index contributed by atoms with van der Waals surface area (Å²) in [6.45, 7) is 4.56. The van der Waals surface area contributed by atoms with E-state index in [0.717, 1.165) is 32.8 Å². The zero-order valence-electron chi connectivity index (χ0n) is 10.6. The van der Waals surface area contributed by atoms with Gasteiger partial charge in [0.25, 0.3) is 5.91 Å². The van der Waals surface area contributed by atoms with Gasteiger partial charge in [0.2, 0.25) is 0 Å².